The summed E-state index contributed by atoms with van der Waals surface area (Å²) in [6.45, 7) is 0. The molecule has 0 amide bonds. The molecule has 4 rings (SSSR count). The SMILES string of the molecule is COC1=C(OC)C2=C(CC1)NC(c1nccc3ccccc13)N2.Cl. The normalized spacial score (nSPS) is 19.3. The summed E-state index contributed by atoms with van der Waals surface area (Å²) in [4.78, 5) is 4.60. The van der Waals surface area contributed by atoms with Gasteiger partial charge in [-0.3, -0.25) is 4.98 Å². The first-order valence-electron chi connectivity index (χ1n) is 7.73. The molecule has 1 atom stereocenters. The zero-order valence-electron chi connectivity index (χ0n) is 13.6. The van der Waals surface area contributed by atoms with Gasteiger partial charge in [-0.1, -0.05) is 24.3 Å². The van der Waals surface area contributed by atoms with Crippen LogP contribution < -0.4 is 10.6 Å². The number of hydrogen-bond donors (Lipinski definition) is 2. The Morgan fingerprint density at radius 1 is 1.04 bits per heavy atom. The number of halogens is 1. The van der Waals surface area contributed by atoms with E-state index in [1.54, 1.807) is 14.2 Å². The minimum Gasteiger partial charge on any atom is -0.497 e. The predicted molar refractivity (Wildman–Crippen MR) is 95.3 cm³/mol. The maximum Gasteiger partial charge on any atom is 0.181 e. The van der Waals surface area contributed by atoms with E-state index in [1.807, 2.05) is 24.4 Å². The number of nitrogens with zero attached hydrogens (tertiary/aromatic N) is 1. The van der Waals surface area contributed by atoms with Crippen molar-refractivity contribution in [2.45, 2.75) is 19.0 Å². The number of rotatable bonds is 3. The van der Waals surface area contributed by atoms with Crippen LogP contribution in [-0.2, 0) is 9.47 Å². The number of hydrogen-bond acceptors (Lipinski definition) is 5. The molecule has 2 aliphatic rings. The lowest BCUT2D eigenvalue weighted by Crippen LogP contribution is -2.25. The highest BCUT2D eigenvalue weighted by Gasteiger charge is 2.33. The molecule has 1 unspecified atom stereocenters. The van der Waals surface area contributed by atoms with Gasteiger partial charge in [-0.05, 0) is 17.9 Å². The van der Waals surface area contributed by atoms with Gasteiger partial charge < -0.3 is 20.1 Å². The first-order chi connectivity index (χ1) is 11.3. The van der Waals surface area contributed by atoms with Gasteiger partial charge >= 0.3 is 0 Å². The quantitative estimate of drug-likeness (QED) is 0.893. The van der Waals surface area contributed by atoms with Crippen molar-refractivity contribution in [3.05, 3.63) is 65.1 Å². The van der Waals surface area contributed by atoms with Crippen LogP contribution in [0.3, 0.4) is 0 Å². The third-order valence-electron chi connectivity index (χ3n) is 4.42. The van der Waals surface area contributed by atoms with Crippen LogP contribution in [0, 0.1) is 0 Å². The summed E-state index contributed by atoms with van der Waals surface area (Å²) in [5.74, 6) is 1.66. The Bertz CT molecular complexity index is 827. The van der Waals surface area contributed by atoms with Gasteiger partial charge in [0.25, 0.3) is 0 Å². The first-order valence-corrected chi connectivity index (χ1v) is 7.73. The van der Waals surface area contributed by atoms with E-state index in [0.717, 1.165) is 46.8 Å². The highest BCUT2D eigenvalue weighted by molar-refractivity contribution is 5.85. The van der Waals surface area contributed by atoms with Crippen molar-refractivity contribution in [1.29, 1.82) is 0 Å². The molecule has 0 fully saturated rings. The van der Waals surface area contributed by atoms with Crippen LogP contribution in [0.2, 0.25) is 0 Å². The van der Waals surface area contributed by atoms with Crippen molar-refractivity contribution >= 4 is 23.2 Å². The monoisotopic (exact) mass is 345 g/mol. The van der Waals surface area contributed by atoms with E-state index >= 15 is 0 Å². The Hall–Kier alpha value is -2.40. The second kappa shape index (κ2) is 6.61. The topological polar surface area (TPSA) is 55.4 Å². The van der Waals surface area contributed by atoms with E-state index in [1.165, 1.54) is 5.39 Å². The summed E-state index contributed by atoms with van der Waals surface area (Å²) in [7, 11) is 3.36. The second-order valence-corrected chi connectivity index (χ2v) is 5.65. The van der Waals surface area contributed by atoms with Gasteiger partial charge in [0.1, 0.15) is 17.6 Å². The number of ether oxygens (including phenoxy) is 2. The van der Waals surface area contributed by atoms with E-state index in [4.69, 9.17) is 9.47 Å². The fourth-order valence-corrected chi connectivity index (χ4v) is 3.33. The van der Waals surface area contributed by atoms with Crippen LogP contribution in [-0.4, -0.2) is 19.2 Å². The summed E-state index contributed by atoms with van der Waals surface area (Å²) in [6, 6.07) is 10.3. The molecule has 1 aromatic heterocycles. The molecule has 2 N–H and O–H groups in total. The van der Waals surface area contributed by atoms with Crippen molar-refractivity contribution in [2.75, 3.05) is 14.2 Å². The number of nitrogens with one attached hydrogen (secondary N) is 2. The summed E-state index contributed by atoms with van der Waals surface area (Å²) in [5, 5.41) is 9.39. The van der Waals surface area contributed by atoms with Gasteiger partial charge in [0.05, 0.1) is 19.9 Å². The minimum atomic E-state index is -0.0625. The van der Waals surface area contributed by atoms with E-state index in [0.29, 0.717) is 0 Å². The fraction of sp³-hybridized carbons (Fsp3) is 0.278. The molecule has 1 aromatic carbocycles. The Morgan fingerprint density at radius 2 is 1.88 bits per heavy atom. The molecule has 24 heavy (non-hydrogen) atoms. The molecule has 126 valence electrons. The van der Waals surface area contributed by atoms with Gasteiger partial charge in [-0.15, -0.1) is 12.4 Å². The van der Waals surface area contributed by atoms with Gasteiger partial charge in [0, 0.05) is 23.7 Å². The number of allylic oxidation sites excluding steroid dienone is 2. The molecule has 0 spiro atoms. The number of pyridine rings is 1. The van der Waals surface area contributed by atoms with Crippen LogP contribution in [0.25, 0.3) is 10.8 Å². The predicted octanol–water partition coefficient (Wildman–Crippen LogP) is 3.36. The van der Waals surface area contributed by atoms with E-state index in [2.05, 4.69) is 27.8 Å². The summed E-state index contributed by atoms with van der Waals surface area (Å²) in [5.41, 5.74) is 3.13. The van der Waals surface area contributed by atoms with Crippen molar-refractivity contribution in [3.8, 4) is 0 Å². The van der Waals surface area contributed by atoms with Crippen molar-refractivity contribution < 1.29 is 9.47 Å². The average molecular weight is 346 g/mol. The first kappa shape index (κ1) is 16.5. The zero-order chi connectivity index (χ0) is 15.8. The molecular formula is C18H20ClN3O2. The standard InChI is InChI=1S/C18H19N3O2.ClH/c1-22-14-8-7-13-16(17(14)23-2)21-18(20-13)15-12-6-4-3-5-11(12)9-10-19-15;/h3-6,9-10,18,20-21H,7-8H2,1-2H3;1H. The number of benzene rings is 1. The molecule has 5 nitrogen and oxygen atoms in total. The van der Waals surface area contributed by atoms with Gasteiger partial charge in [-0.2, -0.15) is 0 Å². The minimum absolute atomic E-state index is 0. The highest BCUT2D eigenvalue weighted by Crippen LogP contribution is 2.35. The molecule has 6 heteroatoms. The second-order valence-electron chi connectivity index (χ2n) is 5.65. The van der Waals surface area contributed by atoms with Crippen LogP contribution >= 0.6 is 12.4 Å². The zero-order valence-corrected chi connectivity index (χ0v) is 14.4. The van der Waals surface area contributed by atoms with E-state index in [-0.39, 0.29) is 18.6 Å². The Labute approximate surface area is 147 Å². The summed E-state index contributed by atoms with van der Waals surface area (Å²) in [6.07, 6.45) is 3.53. The number of methoxy groups -OCH3 is 2. The number of aromatic nitrogens is 1. The highest BCUT2D eigenvalue weighted by atomic mass is 35.5. The summed E-state index contributed by atoms with van der Waals surface area (Å²) < 4.78 is 11.0. The van der Waals surface area contributed by atoms with Crippen LogP contribution in [0.1, 0.15) is 24.7 Å². The largest absolute Gasteiger partial charge is 0.497 e. The Kier molecular flexibility index (Phi) is 4.53. The van der Waals surface area contributed by atoms with Crippen LogP contribution in [0.4, 0.5) is 0 Å². The number of fused-ring (bicyclic) bond motifs is 1. The van der Waals surface area contributed by atoms with Gasteiger partial charge in [0.15, 0.2) is 5.76 Å². The van der Waals surface area contributed by atoms with E-state index < -0.39 is 0 Å². The molecular weight excluding hydrogens is 326 g/mol. The Morgan fingerprint density at radius 3 is 2.67 bits per heavy atom. The van der Waals surface area contributed by atoms with Crippen LogP contribution in [0.5, 0.6) is 0 Å². The molecule has 1 aliphatic heterocycles. The van der Waals surface area contributed by atoms with Crippen molar-refractivity contribution in [1.82, 2.24) is 15.6 Å². The van der Waals surface area contributed by atoms with Gasteiger partial charge in [0.2, 0.25) is 0 Å². The van der Waals surface area contributed by atoms with Gasteiger partial charge in [-0.25, -0.2) is 0 Å². The van der Waals surface area contributed by atoms with E-state index in [9.17, 15) is 0 Å². The van der Waals surface area contributed by atoms with Crippen molar-refractivity contribution in [2.24, 2.45) is 0 Å². The lowest BCUT2D eigenvalue weighted by Gasteiger charge is -2.19. The molecule has 0 saturated carbocycles. The lowest BCUT2D eigenvalue weighted by atomic mass is 10.1. The third-order valence-corrected chi connectivity index (χ3v) is 4.42. The molecule has 2 aromatic rings. The Balaban J connectivity index is 0.00000169. The van der Waals surface area contributed by atoms with Crippen LogP contribution in [0.15, 0.2) is 59.4 Å². The molecule has 0 saturated heterocycles. The lowest BCUT2D eigenvalue weighted by molar-refractivity contribution is 0.211. The maximum absolute atomic E-state index is 5.55. The summed E-state index contributed by atoms with van der Waals surface area (Å²) >= 11 is 0. The smallest absolute Gasteiger partial charge is 0.181 e. The third kappa shape index (κ3) is 2.55. The molecule has 0 bridgehead atoms. The molecule has 2 heterocycles. The molecule has 1 aliphatic carbocycles. The molecule has 0 radical (unpaired) electrons. The average Bonchev–Trinajstić information content (AvgIpc) is 3.04. The maximum atomic E-state index is 5.55. The fourth-order valence-electron chi connectivity index (χ4n) is 3.33. The van der Waals surface area contributed by atoms with Crippen molar-refractivity contribution in [3.63, 3.8) is 0 Å².